The molecule has 1 saturated heterocycles. The van der Waals surface area contributed by atoms with Crippen LogP contribution in [-0.2, 0) is 21.4 Å². The van der Waals surface area contributed by atoms with Gasteiger partial charge in [-0.1, -0.05) is 69.3 Å². The van der Waals surface area contributed by atoms with Crippen molar-refractivity contribution in [2.75, 3.05) is 11.9 Å². The molecule has 152 valence electrons. The van der Waals surface area contributed by atoms with Gasteiger partial charge < -0.3 is 10.6 Å². The fraction of sp³-hybridized carbons (Fsp3) is 0.348. The molecule has 1 aliphatic heterocycles. The second kappa shape index (κ2) is 8.47. The van der Waals surface area contributed by atoms with E-state index in [2.05, 4.69) is 31.4 Å². The molecule has 0 bridgehead atoms. The van der Waals surface area contributed by atoms with Gasteiger partial charge in [-0.2, -0.15) is 0 Å². The van der Waals surface area contributed by atoms with Crippen molar-refractivity contribution in [3.05, 3.63) is 65.7 Å². The minimum Gasteiger partial charge on any atom is -0.326 e. The Morgan fingerprint density at radius 1 is 1.03 bits per heavy atom. The molecule has 29 heavy (non-hydrogen) atoms. The van der Waals surface area contributed by atoms with E-state index in [0.717, 1.165) is 16.0 Å². The molecule has 2 N–H and O–H groups in total. The number of benzene rings is 2. The van der Waals surface area contributed by atoms with Crippen molar-refractivity contribution in [1.29, 1.82) is 0 Å². The van der Waals surface area contributed by atoms with Crippen molar-refractivity contribution in [1.82, 2.24) is 10.2 Å². The monoisotopic (exact) mass is 393 g/mol. The van der Waals surface area contributed by atoms with Gasteiger partial charge in [0, 0.05) is 5.69 Å². The van der Waals surface area contributed by atoms with Crippen molar-refractivity contribution < 1.29 is 14.4 Å². The number of para-hydroxylation sites is 1. The zero-order valence-corrected chi connectivity index (χ0v) is 17.1. The molecule has 1 fully saturated rings. The summed E-state index contributed by atoms with van der Waals surface area (Å²) in [6, 6.07) is 16.2. The van der Waals surface area contributed by atoms with Gasteiger partial charge in [0.05, 0.1) is 0 Å². The smallest absolute Gasteiger partial charge is 0.325 e. The van der Waals surface area contributed by atoms with Crippen molar-refractivity contribution in [2.24, 2.45) is 0 Å². The molecule has 3 rings (SSSR count). The summed E-state index contributed by atoms with van der Waals surface area (Å²) in [5, 5.41) is 5.53. The quantitative estimate of drug-likeness (QED) is 0.738. The van der Waals surface area contributed by atoms with Gasteiger partial charge in [0.2, 0.25) is 5.91 Å². The van der Waals surface area contributed by atoms with E-state index in [0.29, 0.717) is 18.5 Å². The lowest BCUT2D eigenvalue weighted by Gasteiger charge is -2.23. The van der Waals surface area contributed by atoms with E-state index in [9.17, 15) is 14.4 Å². The highest BCUT2D eigenvalue weighted by Gasteiger charge is 2.38. The van der Waals surface area contributed by atoms with Gasteiger partial charge in [-0.05, 0) is 35.4 Å². The number of nitrogens with one attached hydrogen (secondary N) is 2. The van der Waals surface area contributed by atoms with Gasteiger partial charge >= 0.3 is 6.03 Å². The van der Waals surface area contributed by atoms with Crippen LogP contribution in [0.2, 0.25) is 0 Å². The maximum atomic E-state index is 12.6. The minimum absolute atomic E-state index is 0.146. The number of hydrogen-bond donors (Lipinski definition) is 2. The number of amides is 4. The van der Waals surface area contributed by atoms with Crippen molar-refractivity contribution in [3.8, 4) is 0 Å². The van der Waals surface area contributed by atoms with E-state index in [1.807, 2.05) is 54.6 Å². The standard InChI is InChI=1S/C23H27N3O3/c1-23(2,3)17-11-7-8-12-18(17)24-20(27)15-26-21(28)19(25-22(26)29)14-13-16-9-5-4-6-10-16/h4-12,19H,13-15H2,1-3H3,(H,24,27)(H,25,29). The Labute approximate surface area is 171 Å². The molecule has 1 heterocycles. The molecule has 0 aromatic heterocycles. The Hall–Kier alpha value is -3.15. The maximum absolute atomic E-state index is 12.6. The summed E-state index contributed by atoms with van der Waals surface area (Å²) < 4.78 is 0. The van der Waals surface area contributed by atoms with Crippen LogP contribution in [0.15, 0.2) is 54.6 Å². The van der Waals surface area contributed by atoms with Crippen LogP contribution in [0.25, 0.3) is 0 Å². The first kappa shape index (κ1) is 20.6. The third-order valence-electron chi connectivity index (χ3n) is 4.98. The van der Waals surface area contributed by atoms with Gasteiger partial charge in [0.1, 0.15) is 12.6 Å². The molecule has 1 atom stereocenters. The molecule has 4 amide bonds. The number of urea groups is 1. The predicted octanol–water partition coefficient (Wildman–Crippen LogP) is 3.48. The zero-order chi connectivity index (χ0) is 21.0. The fourth-order valence-electron chi connectivity index (χ4n) is 3.46. The molecule has 0 saturated carbocycles. The Bertz CT molecular complexity index is 903. The highest BCUT2D eigenvalue weighted by Crippen LogP contribution is 2.29. The molecular formula is C23H27N3O3. The summed E-state index contributed by atoms with van der Waals surface area (Å²) >= 11 is 0. The SMILES string of the molecule is CC(C)(C)c1ccccc1NC(=O)CN1C(=O)NC(CCc2ccccc2)C1=O. The lowest BCUT2D eigenvalue weighted by Crippen LogP contribution is -2.38. The highest BCUT2D eigenvalue weighted by molar-refractivity contribution is 6.08. The molecule has 0 spiro atoms. The number of rotatable bonds is 6. The summed E-state index contributed by atoms with van der Waals surface area (Å²) in [6.45, 7) is 5.89. The summed E-state index contributed by atoms with van der Waals surface area (Å²) in [6.07, 6.45) is 1.18. The average Bonchev–Trinajstić information content (AvgIpc) is 2.94. The average molecular weight is 393 g/mol. The third-order valence-corrected chi connectivity index (χ3v) is 4.98. The summed E-state index contributed by atoms with van der Waals surface area (Å²) in [5.41, 5.74) is 2.64. The van der Waals surface area contributed by atoms with Crippen molar-refractivity contribution in [2.45, 2.75) is 45.1 Å². The van der Waals surface area contributed by atoms with E-state index in [1.54, 1.807) is 0 Å². The van der Waals surface area contributed by atoms with E-state index in [4.69, 9.17) is 0 Å². The second-order valence-electron chi connectivity index (χ2n) is 8.29. The first-order chi connectivity index (χ1) is 13.8. The molecule has 0 radical (unpaired) electrons. The molecule has 1 aliphatic rings. The van der Waals surface area contributed by atoms with E-state index < -0.39 is 18.0 Å². The van der Waals surface area contributed by atoms with Crippen LogP contribution < -0.4 is 10.6 Å². The number of anilines is 1. The third kappa shape index (κ3) is 5.02. The Kier molecular flexibility index (Phi) is 6.01. The topological polar surface area (TPSA) is 78.5 Å². The van der Waals surface area contributed by atoms with Gasteiger partial charge in [0.25, 0.3) is 5.91 Å². The van der Waals surface area contributed by atoms with Crippen LogP contribution in [0.4, 0.5) is 10.5 Å². The van der Waals surface area contributed by atoms with Crippen LogP contribution in [0.5, 0.6) is 0 Å². The molecule has 0 aliphatic carbocycles. The number of imide groups is 1. The lowest BCUT2D eigenvalue weighted by molar-refractivity contribution is -0.130. The predicted molar refractivity (Wildman–Crippen MR) is 113 cm³/mol. The molecule has 6 nitrogen and oxygen atoms in total. The highest BCUT2D eigenvalue weighted by atomic mass is 16.2. The first-order valence-corrected chi connectivity index (χ1v) is 9.81. The Balaban J connectivity index is 1.61. The Morgan fingerprint density at radius 3 is 2.38 bits per heavy atom. The summed E-state index contributed by atoms with van der Waals surface area (Å²) in [7, 11) is 0. The second-order valence-corrected chi connectivity index (χ2v) is 8.29. The van der Waals surface area contributed by atoms with Gasteiger partial charge in [0.15, 0.2) is 0 Å². The van der Waals surface area contributed by atoms with Crippen LogP contribution in [0.3, 0.4) is 0 Å². The lowest BCUT2D eigenvalue weighted by atomic mass is 9.86. The number of aryl methyl sites for hydroxylation is 1. The molecule has 6 heteroatoms. The van der Waals surface area contributed by atoms with Gasteiger partial charge in [-0.15, -0.1) is 0 Å². The van der Waals surface area contributed by atoms with Gasteiger partial charge in [-0.3, -0.25) is 14.5 Å². The summed E-state index contributed by atoms with van der Waals surface area (Å²) in [5.74, 6) is -0.751. The molecule has 2 aromatic carbocycles. The molecule has 1 unspecified atom stereocenters. The largest absolute Gasteiger partial charge is 0.326 e. The van der Waals surface area contributed by atoms with Crippen LogP contribution in [0, 0.1) is 0 Å². The Morgan fingerprint density at radius 2 is 1.69 bits per heavy atom. The number of hydrogen-bond acceptors (Lipinski definition) is 3. The fourth-order valence-corrected chi connectivity index (χ4v) is 3.46. The minimum atomic E-state index is -0.600. The zero-order valence-electron chi connectivity index (χ0n) is 17.1. The van der Waals surface area contributed by atoms with E-state index >= 15 is 0 Å². The maximum Gasteiger partial charge on any atom is 0.325 e. The number of nitrogens with zero attached hydrogens (tertiary/aromatic N) is 1. The number of carbonyl (C=O) groups is 3. The van der Waals surface area contributed by atoms with Crippen LogP contribution >= 0.6 is 0 Å². The molecule has 2 aromatic rings. The van der Waals surface area contributed by atoms with E-state index in [-0.39, 0.29) is 17.9 Å². The van der Waals surface area contributed by atoms with Crippen LogP contribution in [-0.4, -0.2) is 35.3 Å². The van der Waals surface area contributed by atoms with Crippen molar-refractivity contribution in [3.63, 3.8) is 0 Å². The number of carbonyl (C=O) groups excluding carboxylic acids is 3. The van der Waals surface area contributed by atoms with Gasteiger partial charge in [-0.25, -0.2) is 4.79 Å². The van der Waals surface area contributed by atoms with E-state index in [1.165, 1.54) is 0 Å². The van der Waals surface area contributed by atoms with Crippen molar-refractivity contribution >= 4 is 23.5 Å². The first-order valence-electron chi connectivity index (χ1n) is 9.81. The summed E-state index contributed by atoms with van der Waals surface area (Å²) in [4.78, 5) is 38.4. The molecular weight excluding hydrogens is 366 g/mol. The van der Waals surface area contributed by atoms with Crippen LogP contribution in [0.1, 0.15) is 38.3 Å². The normalized spacial score (nSPS) is 16.7.